The SMILES string of the molecule is CC(C)(C)C(=O)N1CCCC(C(=O)N2CCN(C(=O)C3CCCO3)CC2)C1. The highest BCUT2D eigenvalue weighted by Crippen LogP contribution is 2.25. The molecule has 2 atom stereocenters. The minimum Gasteiger partial charge on any atom is -0.368 e. The lowest BCUT2D eigenvalue weighted by atomic mass is 9.90. The van der Waals surface area contributed by atoms with Crippen molar-refractivity contribution in [3.8, 4) is 0 Å². The number of piperidine rings is 1. The zero-order valence-corrected chi connectivity index (χ0v) is 16.9. The minimum atomic E-state index is -0.417. The Bertz CT molecular complexity index is 572. The summed E-state index contributed by atoms with van der Waals surface area (Å²) >= 11 is 0. The first-order valence-electron chi connectivity index (χ1n) is 10.3. The van der Waals surface area contributed by atoms with E-state index >= 15 is 0 Å². The first-order valence-corrected chi connectivity index (χ1v) is 10.3. The van der Waals surface area contributed by atoms with Gasteiger partial charge in [-0.05, 0) is 25.7 Å². The van der Waals surface area contributed by atoms with Crippen LogP contribution < -0.4 is 0 Å². The van der Waals surface area contributed by atoms with Crippen LogP contribution in [-0.2, 0) is 19.1 Å². The zero-order valence-electron chi connectivity index (χ0n) is 16.9. The monoisotopic (exact) mass is 379 g/mol. The van der Waals surface area contributed by atoms with E-state index in [1.807, 2.05) is 35.5 Å². The molecule has 3 heterocycles. The average Bonchev–Trinajstić information content (AvgIpc) is 3.20. The molecule has 0 aliphatic carbocycles. The van der Waals surface area contributed by atoms with E-state index in [9.17, 15) is 14.4 Å². The molecule has 0 spiro atoms. The molecule has 0 aromatic rings. The molecule has 0 aromatic carbocycles. The van der Waals surface area contributed by atoms with Crippen molar-refractivity contribution < 1.29 is 19.1 Å². The molecule has 3 amide bonds. The van der Waals surface area contributed by atoms with Crippen molar-refractivity contribution in [3.63, 3.8) is 0 Å². The fourth-order valence-electron chi connectivity index (χ4n) is 4.22. The lowest BCUT2D eigenvalue weighted by Gasteiger charge is -2.40. The van der Waals surface area contributed by atoms with Gasteiger partial charge in [0.15, 0.2) is 0 Å². The van der Waals surface area contributed by atoms with E-state index in [0.717, 1.165) is 32.2 Å². The van der Waals surface area contributed by atoms with E-state index in [0.29, 0.717) is 39.3 Å². The van der Waals surface area contributed by atoms with Gasteiger partial charge in [0, 0.05) is 51.3 Å². The summed E-state index contributed by atoms with van der Waals surface area (Å²) < 4.78 is 5.49. The average molecular weight is 380 g/mol. The van der Waals surface area contributed by atoms with E-state index in [2.05, 4.69) is 0 Å². The van der Waals surface area contributed by atoms with E-state index < -0.39 is 5.41 Å². The van der Waals surface area contributed by atoms with Gasteiger partial charge in [0.1, 0.15) is 6.10 Å². The normalized spacial score (nSPS) is 27.0. The van der Waals surface area contributed by atoms with Crippen molar-refractivity contribution in [2.75, 3.05) is 45.9 Å². The number of amides is 3. The van der Waals surface area contributed by atoms with Crippen molar-refractivity contribution >= 4 is 17.7 Å². The smallest absolute Gasteiger partial charge is 0.251 e. The number of rotatable bonds is 2. The van der Waals surface area contributed by atoms with E-state index in [-0.39, 0.29) is 29.7 Å². The molecule has 3 aliphatic heterocycles. The van der Waals surface area contributed by atoms with Gasteiger partial charge in [-0.2, -0.15) is 0 Å². The van der Waals surface area contributed by atoms with Gasteiger partial charge < -0.3 is 19.4 Å². The van der Waals surface area contributed by atoms with Crippen molar-refractivity contribution in [1.29, 1.82) is 0 Å². The molecule has 7 heteroatoms. The Kier molecular flexibility index (Phi) is 6.08. The van der Waals surface area contributed by atoms with Crippen LogP contribution >= 0.6 is 0 Å². The fourth-order valence-corrected chi connectivity index (χ4v) is 4.22. The molecule has 27 heavy (non-hydrogen) atoms. The third kappa shape index (κ3) is 4.62. The number of nitrogens with zero attached hydrogens (tertiary/aromatic N) is 3. The van der Waals surface area contributed by atoms with Gasteiger partial charge in [0.05, 0.1) is 5.92 Å². The Hall–Kier alpha value is -1.63. The first kappa shape index (κ1) is 20.1. The van der Waals surface area contributed by atoms with E-state index in [4.69, 9.17) is 4.74 Å². The van der Waals surface area contributed by atoms with Crippen LogP contribution in [0, 0.1) is 11.3 Å². The summed E-state index contributed by atoms with van der Waals surface area (Å²) in [6.07, 6.45) is 3.16. The first-order chi connectivity index (χ1) is 12.8. The van der Waals surface area contributed by atoms with Gasteiger partial charge in [-0.1, -0.05) is 20.8 Å². The van der Waals surface area contributed by atoms with Crippen molar-refractivity contribution in [1.82, 2.24) is 14.7 Å². The summed E-state index contributed by atoms with van der Waals surface area (Å²) in [5.74, 6) is 0.197. The van der Waals surface area contributed by atoms with Crippen molar-refractivity contribution in [2.45, 2.75) is 52.6 Å². The summed E-state index contributed by atoms with van der Waals surface area (Å²) in [6.45, 7) is 9.97. The second-order valence-corrected chi connectivity index (χ2v) is 8.99. The zero-order chi connectivity index (χ0) is 19.6. The van der Waals surface area contributed by atoms with Crippen LogP contribution in [-0.4, -0.2) is 84.4 Å². The predicted octanol–water partition coefficient (Wildman–Crippen LogP) is 1.12. The Morgan fingerprint density at radius 2 is 1.44 bits per heavy atom. The number of likely N-dealkylation sites (tertiary alicyclic amines) is 1. The Balaban J connectivity index is 1.51. The molecule has 3 rings (SSSR count). The molecule has 3 fully saturated rings. The number of carbonyl (C=O) groups excluding carboxylic acids is 3. The Morgan fingerprint density at radius 3 is 2.00 bits per heavy atom. The summed E-state index contributed by atoms with van der Waals surface area (Å²) in [6, 6.07) is 0. The van der Waals surface area contributed by atoms with Gasteiger partial charge in [0.2, 0.25) is 11.8 Å². The second kappa shape index (κ2) is 8.17. The maximum absolute atomic E-state index is 13.0. The van der Waals surface area contributed by atoms with Gasteiger partial charge >= 0.3 is 0 Å². The molecule has 152 valence electrons. The van der Waals surface area contributed by atoms with Gasteiger partial charge in [-0.25, -0.2) is 0 Å². The standard InChI is InChI=1S/C20H33N3O4/c1-20(2,3)19(26)23-8-4-6-15(14-23)17(24)21-9-11-22(12-10-21)18(25)16-7-5-13-27-16/h15-16H,4-14H2,1-3H3. The summed E-state index contributed by atoms with van der Waals surface area (Å²) in [5, 5.41) is 0. The van der Waals surface area contributed by atoms with Gasteiger partial charge in [0.25, 0.3) is 5.91 Å². The number of hydrogen-bond donors (Lipinski definition) is 0. The summed E-state index contributed by atoms with van der Waals surface area (Å²) in [7, 11) is 0. The number of ether oxygens (including phenoxy) is 1. The molecule has 7 nitrogen and oxygen atoms in total. The molecule has 0 saturated carbocycles. The maximum atomic E-state index is 13.0. The van der Waals surface area contributed by atoms with E-state index in [1.165, 1.54) is 0 Å². The maximum Gasteiger partial charge on any atom is 0.251 e. The van der Waals surface area contributed by atoms with Crippen LogP contribution in [0.1, 0.15) is 46.5 Å². The highest BCUT2D eigenvalue weighted by Gasteiger charge is 2.37. The lowest BCUT2D eigenvalue weighted by molar-refractivity contribution is -0.150. The molecule has 3 aliphatic rings. The minimum absolute atomic E-state index is 0.0687. The fraction of sp³-hybridized carbons (Fsp3) is 0.850. The summed E-state index contributed by atoms with van der Waals surface area (Å²) in [5.41, 5.74) is -0.417. The van der Waals surface area contributed by atoms with Crippen LogP contribution in [0.15, 0.2) is 0 Å². The Labute approximate surface area is 162 Å². The van der Waals surface area contributed by atoms with Gasteiger partial charge in [-0.15, -0.1) is 0 Å². The lowest BCUT2D eigenvalue weighted by Crippen LogP contribution is -2.55. The third-order valence-corrected chi connectivity index (χ3v) is 5.81. The predicted molar refractivity (Wildman–Crippen MR) is 101 cm³/mol. The van der Waals surface area contributed by atoms with Crippen LogP contribution in [0.5, 0.6) is 0 Å². The highest BCUT2D eigenvalue weighted by molar-refractivity contribution is 5.84. The molecule has 2 unspecified atom stereocenters. The summed E-state index contributed by atoms with van der Waals surface area (Å²) in [4.78, 5) is 43.5. The largest absolute Gasteiger partial charge is 0.368 e. The van der Waals surface area contributed by atoms with Crippen LogP contribution in [0.4, 0.5) is 0 Å². The van der Waals surface area contributed by atoms with Crippen LogP contribution in [0.2, 0.25) is 0 Å². The van der Waals surface area contributed by atoms with Crippen LogP contribution in [0.3, 0.4) is 0 Å². The molecular weight excluding hydrogens is 346 g/mol. The Morgan fingerprint density at radius 1 is 0.815 bits per heavy atom. The molecule has 0 bridgehead atoms. The molecular formula is C20H33N3O4. The molecule has 0 aromatic heterocycles. The van der Waals surface area contributed by atoms with Crippen LogP contribution in [0.25, 0.3) is 0 Å². The topological polar surface area (TPSA) is 70.2 Å². The number of carbonyl (C=O) groups is 3. The molecule has 0 N–H and O–H groups in total. The van der Waals surface area contributed by atoms with Crippen molar-refractivity contribution in [3.05, 3.63) is 0 Å². The molecule has 0 radical (unpaired) electrons. The van der Waals surface area contributed by atoms with Crippen molar-refractivity contribution in [2.24, 2.45) is 11.3 Å². The highest BCUT2D eigenvalue weighted by atomic mass is 16.5. The van der Waals surface area contributed by atoms with Gasteiger partial charge in [-0.3, -0.25) is 14.4 Å². The molecule has 3 saturated heterocycles. The quantitative estimate of drug-likeness (QED) is 0.721. The third-order valence-electron chi connectivity index (χ3n) is 5.81. The second-order valence-electron chi connectivity index (χ2n) is 8.99. The number of hydrogen-bond acceptors (Lipinski definition) is 4. The van der Waals surface area contributed by atoms with E-state index in [1.54, 1.807) is 0 Å². The number of piperazine rings is 1.